The van der Waals surface area contributed by atoms with Gasteiger partial charge in [0, 0.05) is 43.2 Å². The maximum absolute atomic E-state index is 15.1. The van der Waals surface area contributed by atoms with Crippen molar-refractivity contribution < 1.29 is 21.9 Å². The van der Waals surface area contributed by atoms with Gasteiger partial charge in [-0.3, -0.25) is 9.40 Å². The molecule has 4 atom stereocenters. The molecule has 0 bridgehead atoms. The van der Waals surface area contributed by atoms with E-state index in [1.165, 1.54) is 12.3 Å². The number of nitrogens with zero attached hydrogens (tertiary/aromatic N) is 4. The Balaban J connectivity index is 1.68. The second-order valence-electron chi connectivity index (χ2n) is 9.21. The first kappa shape index (κ1) is 24.1. The zero-order valence-electron chi connectivity index (χ0n) is 19.4. The molecule has 1 aromatic carbocycles. The number of aryl methyl sites for hydroxylation is 1. The fraction of sp³-hybridized carbons (Fsp3) is 0.435. The SMILES string of the molecule is C[C@@H]1C[C@H](C)[C@H](c2ccnn2C)[C@](C)(Oc2cc(F)c(S(=O)(=O)Nc3ccncn3)cc2F)C1. The van der Waals surface area contributed by atoms with Crippen molar-refractivity contribution in [3.8, 4) is 5.75 Å². The number of halogens is 2. The van der Waals surface area contributed by atoms with Crippen molar-refractivity contribution in [3.63, 3.8) is 0 Å². The lowest BCUT2D eigenvalue weighted by molar-refractivity contribution is -0.0213. The van der Waals surface area contributed by atoms with Gasteiger partial charge in [0.15, 0.2) is 11.6 Å². The third-order valence-electron chi connectivity index (χ3n) is 6.37. The van der Waals surface area contributed by atoms with Crippen LogP contribution in [-0.4, -0.2) is 33.8 Å². The number of hydrogen-bond acceptors (Lipinski definition) is 6. The molecular formula is C23H27F2N5O3S. The second-order valence-corrected chi connectivity index (χ2v) is 10.9. The molecule has 0 unspecified atom stereocenters. The molecule has 0 spiro atoms. The lowest BCUT2D eigenvalue weighted by atomic mass is 9.65. The summed E-state index contributed by atoms with van der Waals surface area (Å²) in [6.07, 6.45) is 5.73. The molecule has 4 rings (SSSR count). The minimum absolute atomic E-state index is 0.0631. The molecule has 8 nitrogen and oxygen atoms in total. The molecule has 1 fully saturated rings. The van der Waals surface area contributed by atoms with E-state index < -0.39 is 32.2 Å². The number of sulfonamides is 1. The van der Waals surface area contributed by atoms with Crippen LogP contribution in [0.25, 0.3) is 0 Å². The van der Waals surface area contributed by atoms with Crippen LogP contribution in [0.15, 0.2) is 47.9 Å². The number of ether oxygens (including phenoxy) is 1. The van der Waals surface area contributed by atoms with E-state index in [1.807, 2.05) is 20.0 Å². The Kier molecular flexibility index (Phi) is 6.32. The van der Waals surface area contributed by atoms with E-state index in [-0.39, 0.29) is 23.4 Å². The molecule has 2 heterocycles. The molecule has 0 amide bonds. The van der Waals surface area contributed by atoms with Crippen LogP contribution in [0.4, 0.5) is 14.6 Å². The van der Waals surface area contributed by atoms with Crippen molar-refractivity contribution in [2.45, 2.75) is 50.0 Å². The van der Waals surface area contributed by atoms with Crippen molar-refractivity contribution in [2.24, 2.45) is 18.9 Å². The van der Waals surface area contributed by atoms with E-state index >= 15 is 4.39 Å². The topological polar surface area (TPSA) is 99.0 Å². The average molecular weight is 492 g/mol. The fourth-order valence-electron chi connectivity index (χ4n) is 5.26. The second kappa shape index (κ2) is 8.94. The number of rotatable bonds is 6. The average Bonchev–Trinajstić information content (AvgIpc) is 3.15. The van der Waals surface area contributed by atoms with Gasteiger partial charge in [-0.15, -0.1) is 0 Å². The molecule has 1 aliphatic rings. The summed E-state index contributed by atoms with van der Waals surface area (Å²) in [4.78, 5) is 6.60. The first-order valence-corrected chi connectivity index (χ1v) is 12.4. The Morgan fingerprint density at radius 3 is 2.59 bits per heavy atom. The van der Waals surface area contributed by atoms with Gasteiger partial charge in [-0.1, -0.05) is 13.8 Å². The van der Waals surface area contributed by atoms with Crippen molar-refractivity contribution in [2.75, 3.05) is 4.72 Å². The van der Waals surface area contributed by atoms with Crippen molar-refractivity contribution in [3.05, 3.63) is 60.3 Å². The van der Waals surface area contributed by atoms with Crippen molar-refractivity contribution in [1.29, 1.82) is 0 Å². The summed E-state index contributed by atoms with van der Waals surface area (Å²) >= 11 is 0. The number of anilines is 1. The van der Waals surface area contributed by atoms with Crippen LogP contribution < -0.4 is 9.46 Å². The number of aromatic nitrogens is 4. The molecule has 0 aliphatic heterocycles. The molecule has 34 heavy (non-hydrogen) atoms. The van der Waals surface area contributed by atoms with Crippen molar-refractivity contribution >= 4 is 15.8 Å². The zero-order chi connectivity index (χ0) is 24.7. The predicted octanol–water partition coefficient (Wildman–Crippen LogP) is 4.28. The quantitative estimate of drug-likeness (QED) is 0.553. The minimum Gasteiger partial charge on any atom is -0.484 e. The first-order valence-electron chi connectivity index (χ1n) is 10.9. The molecular weight excluding hydrogens is 464 g/mol. The molecule has 1 N–H and O–H groups in total. The smallest absolute Gasteiger partial charge is 0.266 e. The first-order chi connectivity index (χ1) is 16.0. The van der Waals surface area contributed by atoms with Gasteiger partial charge in [-0.25, -0.2) is 27.2 Å². The van der Waals surface area contributed by atoms with Gasteiger partial charge in [-0.05, 0) is 43.7 Å². The standard InChI is InChI=1S/C23H27F2N5O3S/c1-14-9-15(2)22(18-5-8-28-30(18)4)23(3,12-14)33-19-10-17(25)20(11-16(19)24)34(31,32)29-21-6-7-26-13-27-21/h5-8,10-11,13-15,22H,9,12H2,1-4H3,(H,26,27,29)/t14-,15+,22-,23-/m1/s1. The maximum atomic E-state index is 15.1. The van der Waals surface area contributed by atoms with Gasteiger partial charge >= 0.3 is 0 Å². The summed E-state index contributed by atoms with van der Waals surface area (Å²) < 4.78 is 65.5. The maximum Gasteiger partial charge on any atom is 0.266 e. The van der Waals surface area contributed by atoms with E-state index in [1.54, 1.807) is 10.9 Å². The van der Waals surface area contributed by atoms with Crippen LogP contribution in [0.2, 0.25) is 0 Å². The number of hydrogen-bond donors (Lipinski definition) is 1. The minimum atomic E-state index is -4.42. The largest absolute Gasteiger partial charge is 0.484 e. The molecule has 3 aromatic rings. The molecule has 1 saturated carbocycles. The molecule has 182 valence electrons. The lowest BCUT2D eigenvalue weighted by Gasteiger charge is -2.47. The Labute approximate surface area is 197 Å². The number of benzene rings is 1. The van der Waals surface area contributed by atoms with Crippen LogP contribution in [0.1, 0.15) is 45.2 Å². The normalized spacial score (nSPS) is 25.2. The summed E-state index contributed by atoms with van der Waals surface area (Å²) in [5.41, 5.74) is 0.0774. The summed E-state index contributed by atoms with van der Waals surface area (Å²) in [7, 11) is -2.59. The Hall–Kier alpha value is -3.08. The summed E-state index contributed by atoms with van der Waals surface area (Å²) in [5.74, 6) is -2.12. The molecule has 11 heteroatoms. The highest BCUT2D eigenvalue weighted by Gasteiger charge is 2.47. The highest BCUT2D eigenvalue weighted by Crippen LogP contribution is 2.49. The van der Waals surface area contributed by atoms with Gasteiger partial charge in [-0.2, -0.15) is 5.10 Å². The van der Waals surface area contributed by atoms with Crippen LogP contribution >= 0.6 is 0 Å². The summed E-state index contributed by atoms with van der Waals surface area (Å²) in [5, 5.41) is 4.27. The van der Waals surface area contributed by atoms with E-state index in [2.05, 4.69) is 33.6 Å². The lowest BCUT2D eigenvalue weighted by Crippen LogP contribution is -2.48. The van der Waals surface area contributed by atoms with Crippen LogP contribution in [-0.2, 0) is 17.1 Å². The van der Waals surface area contributed by atoms with Gasteiger partial charge in [0.05, 0.1) is 0 Å². The number of nitrogens with one attached hydrogen (secondary N) is 1. The molecule has 0 saturated heterocycles. The zero-order valence-corrected chi connectivity index (χ0v) is 20.2. The highest BCUT2D eigenvalue weighted by atomic mass is 32.2. The van der Waals surface area contributed by atoms with Crippen LogP contribution in [0.5, 0.6) is 5.75 Å². The molecule has 1 aliphatic carbocycles. The summed E-state index contributed by atoms with van der Waals surface area (Å²) in [6, 6.07) is 4.63. The van der Waals surface area contributed by atoms with E-state index in [0.29, 0.717) is 18.4 Å². The van der Waals surface area contributed by atoms with E-state index in [4.69, 9.17) is 4.74 Å². The third-order valence-corrected chi connectivity index (χ3v) is 7.74. The fourth-order valence-corrected chi connectivity index (χ4v) is 6.34. The van der Waals surface area contributed by atoms with Crippen molar-refractivity contribution in [1.82, 2.24) is 19.7 Å². The van der Waals surface area contributed by atoms with Gasteiger partial charge in [0.25, 0.3) is 10.0 Å². The van der Waals surface area contributed by atoms with Gasteiger partial charge < -0.3 is 4.74 Å². The van der Waals surface area contributed by atoms with Gasteiger partial charge in [0.1, 0.15) is 28.5 Å². The Morgan fingerprint density at radius 2 is 1.94 bits per heavy atom. The predicted molar refractivity (Wildman–Crippen MR) is 122 cm³/mol. The van der Waals surface area contributed by atoms with Gasteiger partial charge in [0.2, 0.25) is 0 Å². The van der Waals surface area contributed by atoms with Crippen LogP contribution in [0, 0.1) is 23.5 Å². The Bertz CT molecular complexity index is 1290. The summed E-state index contributed by atoms with van der Waals surface area (Å²) in [6.45, 7) is 6.10. The monoisotopic (exact) mass is 491 g/mol. The van der Waals surface area contributed by atoms with E-state index in [0.717, 1.165) is 24.5 Å². The molecule has 2 aromatic heterocycles. The highest BCUT2D eigenvalue weighted by molar-refractivity contribution is 7.92. The Morgan fingerprint density at radius 1 is 1.18 bits per heavy atom. The third kappa shape index (κ3) is 4.61. The van der Waals surface area contributed by atoms with E-state index in [9.17, 15) is 12.8 Å². The molecule has 0 radical (unpaired) electrons. The van der Waals surface area contributed by atoms with Crippen LogP contribution in [0.3, 0.4) is 0 Å².